The van der Waals surface area contributed by atoms with Gasteiger partial charge in [-0.25, -0.2) is 4.79 Å². The number of carboxylic acid groups (broad SMARTS) is 3. The first kappa shape index (κ1) is 23.0. The van der Waals surface area contributed by atoms with Gasteiger partial charge >= 0.3 is 65.1 Å². The number of hydrogen-bond acceptors (Lipinski definition) is 5. The van der Waals surface area contributed by atoms with Crippen molar-refractivity contribution in [3.05, 3.63) is 0 Å². The molecule has 12 heavy (non-hydrogen) atoms. The molecule has 0 amide bonds. The second-order valence-corrected chi connectivity index (χ2v) is 1.26. The molecule has 0 aromatic heterocycles. The monoisotopic (exact) mass is 196 g/mol. The zero-order chi connectivity index (χ0) is 8.73. The van der Waals surface area contributed by atoms with E-state index in [1.807, 2.05) is 0 Å². The first-order chi connectivity index (χ1) is 4.37. The molecular formula is C4H6Na2O6. The van der Waals surface area contributed by atoms with Gasteiger partial charge in [-0.15, -0.1) is 0 Å². The van der Waals surface area contributed by atoms with Crippen LogP contribution in [-0.4, -0.2) is 28.4 Å². The summed E-state index contributed by atoms with van der Waals surface area (Å²) < 4.78 is 0. The van der Waals surface area contributed by atoms with Crippen molar-refractivity contribution >= 4 is 12.1 Å². The number of aliphatic hydroxyl groups is 1. The molecule has 0 spiro atoms. The number of aliphatic carboxylic acids is 1. The number of hydrogen-bond donors (Lipinski definition) is 2. The predicted octanol–water partition coefficient (Wildman–Crippen LogP) is -8.99. The fourth-order valence-corrected chi connectivity index (χ4v) is 0. The third-order valence-corrected chi connectivity index (χ3v) is 0.357. The van der Waals surface area contributed by atoms with Crippen LogP contribution >= 0.6 is 0 Å². The molecule has 0 heterocycles. The molecule has 8 heteroatoms. The fraction of sp³-hybridized carbons (Fsp3) is 0.500. The Morgan fingerprint density at radius 2 is 1.33 bits per heavy atom. The molecule has 0 bridgehead atoms. The number of carbonyl (C=O) groups is 2. The molecule has 1 atom stereocenters. The molecule has 0 radical (unpaired) electrons. The van der Waals surface area contributed by atoms with Crippen molar-refractivity contribution in [1.82, 2.24) is 0 Å². The summed E-state index contributed by atoms with van der Waals surface area (Å²) >= 11 is 0. The summed E-state index contributed by atoms with van der Waals surface area (Å²) in [5, 5.41) is 32.4. The van der Waals surface area contributed by atoms with Crippen LogP contribution in [0, 0.1) is 0 Å². The number of aliphatic hydroxyl groups excluding tert-OH is 1. The Morgan fingerprint density at radius 3 is 1.33 bits per heavy atom. The van der Waals surface area contributed by atoms with Crippen LogP contribution in [0.15, 0.2) is 0 Å². The van der Waals surface area contributed by atoms with Crippen LogP contribution in [0.4, 0.5) is 4.79 Å². The molecule has 6 nitrogen and oxygen atoms in total. The van der Waals surface area contributed by atoms with Gasteiger partial charge in [0.25, 0.3) is 0 Å². The van der Waals surface area contributed by atoms with Gasteiger partial charge in [0.05, 0.1) is 0 Å². The van der Waals surface area contributed by atoms with Crippen LogP contribution in [0.25, 0.3) is 0 Å². The minimum Gasteiger partial charge on any atom is -0.652 e. The van der Waals surface area contributed by atoms with E-state index in [0.29, 0.717) is 0 Å². The Morgan fingerprint density at radius 1 is 1.25 bits per heavy atom. The smallest absolute Gasteiger partial charge is 0.652 e. The number of rotatable bonds is 1. The van der Waals surface area contributed by atoms with Gasteiger partial charge in [-0.1, -0.05) is 0 Å². The molecule has 0 aromatic carbocycles. The molecule has 0 saturated heterocycles. The summed E-state index contributed by atoms with van der Waals surface area (Å²) in [6.07, 6.45) is -3.56. The van der Waals surface area contributed by atoms with Crippen molar-refractivity contribution in [2.24, 2.45) is 0 Å². The molecule has 60 valence electrons. The standard InChI is InChI=1S/C3H6O3.CH2O3.2Na/c1-2(4)3(5)6;2-1(3)4;;/h2,4H,1H3,(H,5,6);(H2,2,3,4);;/q;;2*+1/p-2/t2-;;;/m0.../s1. The molecule has 0 rings (SSSR count). The van der Waals surface area contributed by atoms with Crippen molar-refractivity contribution in [3.8, 4) is 0 Å². The van der Waals surface area contributed by atoms with Gasteiger partial charge in [-0.3, -0.25) is 0 Å². The Kier molecular flexibility index (Phi) is 27.2. The predicted molar refractivity (Wildman–Crippen MR) is 24.7 cm³/mol. The molecule has 0 aromatic rings. The van der Waals surface area contributed by atoms with Gasteiger partial charge in [0.1, 0.15) is 6.10 Å². The Balaban J connectivity index is -0.0000000483. The van der Waals surface area contributed by atoms with Gasteiger partial charge in [0, 0.05) is 0 Å². The summed E-state index contributed by atoms with van der Waals surface area (Å²) in [5.74, 6) is -1.19. The number of carbonyl (C=O) groups excluding carboxylic acids is 1. The SMILES string of the molecule is C[C@H](O)C(=O)O.O=C([O-])[O-].[Na+].[Na+]. The minimum absolute atomic E-state index is 0. The van der Waals surface area contributed by atoms with E-state index in [9.17, 15) is 4.79 Å². The topological polar surface area (TPSA) is 121 Å². The van der Waals surface area contributed by atoms with E-state index in [2.05, 4.69) is 0 Å². The van der Waals surface area contributed by atoms with Crippen molar-refractivity contribution < 1.29 is 89.1 Å². The van der Waals surface area contributed by atoms with E-state index < -0.39 is 18.2 Å². The molecule has 0 aliphatic heterocycles. The maximum atomic E-state index is 9.45. The van der Waals surface area contributed by atoms with Crippen molar-refractivity contribution in [2.75, 3.05) is 0 Å². The van der Waals surface area contributed by atoms with E-state index in [0.717, 1.165) is 0 Å². The molecular weight excluding hydrogens is 190 g/mol. The summed E-state index contributed by atoms with van der Waals surface area (Å²) in [7, 11) is 0. The van der Waals surface area contributed by atoms with E-state index in [4.69, 9.17) is 25.2 Å². The average molecular weight is 196 g/mol. The second kappa shape index (κ2) is 14.2. The van der Waals surface area contributed by atoms with Crippen LogP contribution in [-0.2, 0) is 4.79 Å². The molecule has 0 fully saturated rings. The van der Waals surface area contributed by atoms with E-state index in [1.165, 1.54) is 6.92 Å². The van der Waals surface area contributed by atoms with Gasteiger partial charge in [-0.05, 0) is 13.1 Å². The molecule has 0 saturated carbocycles. The van der Waals surface area contributed by atoms with Gasteiger partial charge in [-0.2, -0.15) is 0 Å². The maximum Gasteiger partial charge on any atom is 1.00 e. The Labute approximate surface area is 113 Å². The van der Waals surface area contributed by atoms with Crippen LogP contribution in [0.2, 0.25) is 0 Å². The van der Waals surface area contributed by atoms with Crippen LogP contribution in [0.5, 0.6) is 0 Å². The van der Waals surface area contributed by atoms with Crippen LogP contribution in [0.3, 0.4) is 0 Å². The fourth-order valence-electron chi connectivity index (χ4n) is 0. The molecule has 0 aliphatic carbocycles. The molecule has 2 N–H and O–H groups in total. The summed E-state index contributed by atoms with van der Waals surface area (Å²) in [4.78, 5) is 17.8. The zero-order valence-electron chi connectivity index (χ0n) is 7.10. The Bertz CT molecular complexity index is 121. The normalized spacial score (nSPS) is 8.83. The first-order valence-corrected chi connectivity index (χ1v) is 2.16. The maximum absolute atomic E-state index is 9.45. The van der Waals surface area contributed by atoms with Crippen molar-refractivity contribution in [1.29, 1.82) is 0 Å². The van der Waals surface area contributed by atoms with Crippen molar-refractivity contribution in [3.63, 3.8) is 0 Å². The summed E-state index contributed by atoms with van der Waals surface area (Å²) in [6.45, 7) is 1.20. The Hall–Kier alpha value is 0.700. The second-order valence-electron chi connectivity index (χ2n) is 1.26. The van der Waals surface area contributed by atoms with Gasteiger partial charge in [0.15, 0.2) is 0 Å². The first-order valence-electron chi connectivity index (χ1n) is 2.16. The van der Waals surface area contributed by atoms with E-state index in [1.54, 1.807) is 0 Å². The van der Waals surface area contributed by atoms with E-state index >= 15 is 0 Å². The third kappa shape index (κ3) is 45.6. The summed E-state index contributed by atoms with van der Waals surface area (Å²) in [6, 6.07) is 0. The quantitative estimate of drug-likeness (QED) is 0.401. The molecule has 0 unspecified atom stereocenters. The van der Waals surface area contributed by atoms with Crippen LogP contribution < -0.4 is 69.3 Å². The van der Waals surface area contributed by atoms with Crippen molar-refractivity contribution in [2.45, 2.75) is 13.0 Å². The van der Waals surface area contributed by atoms with Gasteiger partial charge in [0.2, 0.25) is 0 Å². The minimum atomic E-state index is -2.33. The van der Waals surface area contributed by atoms with Crippen LogP contribution in [0.1, 0.15) is 6.92 Å². The number of carboxylic acids is 1. The zero-order valence-corrected chi connectivity index (χ0v) is 11.1. The average Bonchev–Trinajstić information content (AvgIpc) is 1.63. The third-order valence-electron chi connectivity index (χ3n) is 0.357. The van der Waals surface area contributed by atoms with Gasteiger partial charge < -0.3 is 25.2 Å². The molecule has 0 aliphatic rings. The largest absolute Gasteiger partial charge is 1.00 e. The summed E-state index contributed by atoms with van der Waals surface area (Å²) in [5.41, 5.74) is 0. The van der Waals surface area contributed by atoms with E-state index in [-0.39, 0.29) is 59.1 Å².